The van der Waals surface area contributed by atoms with Crippen molar-refractivity contribution in [1.29, 1.82) is 0 Å². The molecule has 0 aliphatic heterocycles. The molecule has 0 aliphatic carbocycles. The maximum absolute atomic E-state index is 5.79. The summed E-state index contributed by atoms with van der Waals surface area (Å²) in [6.07, 6.45) is 19.4. The smallest absolute Gasteiger partial charge is 0.0163 e. The molecule has 0 aromatic carbocycles. The molecule has 0 amide bonds. The molecule has 19 heavy (non-hydrogen) atoms. The summed E-state index contributed by atoms with van der Waals surface area (Å²) in [4.78, 5) is 0. The van der Waals surface area contributed by atoms with Gasteiger partial charge in [0.25, 0.3) is 0 Å². The van der Waals surface area contributed by atoms with Crippen molar-refractivity contribution in [3.05, 3.63) is 0 Å². The molecule has 0 aromatic heterocycles. The Labute approximate surface area is 121 Å². The largest absolute Gasteiger partial charge is 0.329 e. The Kier molecular flexibility index (Phi) is 15.9. The van der Waals surface area contributed by atoms with Crippen LogP contribution in [0.4, 0.5) is 0 Å². The fourth-order valence-electron chi connectivity index (χ4n) is 2.54. The van der Waals surface area contributed by atoms with Crippen LogP contribution >= 0.6 is 0 Å². The highest BCUT2D eigenvalue weighted by molar-refractivity contribution is 4.61. The van der Waals surface area contributed by atoms with Crippen molar-refractivity contribution in [3.8, 4) is 0 Å². The molecule has 2 heteroatoms. The Morgan fingerprint density at radius 1 is 0.632 bits per heavy atom. The molecular formula is C17H38N2. The van der Waals surface area contributed by atoms with Gasteiger partial charge in [0.05, 0.1) is 0 Å². The van der Waals surface area contributed by atoms with E-state index in [4.69, 9.17) is 11.5 Å². The van der Waals surface area contributed by atoms with Crippen LogP contribution in [0.2, 0.25) is 0 Å². The van der Waals surface area contributed by atoms with Crippen LogP contribution in [-0.2, 0) is 0 Å². The van der Waals surface area contributed by atoms with Crippen LogP contribution in [0.3, 0.4) is 0 Å². The first kappa shape index (κ1) is 18.9. The predicted molar refractivity (Wildman–Crippen MR) is 87.3 cm³/mol. The first-order valence-electron chi connectivity index (χ1n) is 8.77. The molecular weight excluding hydrogens is 232 g/mol. The minimum Gasteiger partial charge on any atom is -0.329 e. The zero-order valence-corrected chi connectivity index (χ0v) is 13.3. The van der Waals surface area contributed by atoms with Gasteiger partial charge in [-0.05, 0) is 6.42 Å². The highest BCUT2D eigenvalue weighted by atomic mass is 14.7. The van der Waals surface area contributed by atoms with Crippen LogP contribution in [0.25, 0.3) is 0 Å². The monoisotopic (exact) mass is 270 g/mol. The van der Waals surface area contributed by atoms with Crippen LogP contribution in [0.15, 0.2) is 0 Å². The lowest BCUT2D eigenvalue weighted by Gasteiger charge is -2.07. The standard InChI is InChI=1S/C17H38N2/c1-2-3-4-5-6-7-8-9-10-11-12-13-14-15-17(19)16-18/h17H,2-16,18-19H2,1H3. The van der Waals surface area contributed by atoms with Gasteiger partial charge in [0.2, 0.25) is 0 Å². The van der Waals surface area contributed by atoms with Crippen molar-refractivity contribution in [2.24, 2.45) is 11.5 Å². The van der Waals surface area contributed by atoms with E-state index in [1.165, 1.54) is 83.5 Å². The van der Waals surface area contributed by atoms with Crippen molar-refractivity contribution in [1.82, 2.24) is 0 Å². The van der Waals surface area contributed by atoms with Crippen molar-refractivity contribution < 1.29 is 0 Å². The average Bonchev–Trinajstić information content (AvgIpc) is 2.43. The van der Waals surface area contributed by atoms with Gasteiger partial charge in [-0.25, -0.2) is 0 Å². The first-order chi connectivity index (χ1) is 9.31. The molecule has 0 saturated carbocycles. The average molecular weight is 271 g/mol. The van der Waals surface area contributed by atoms with Crippen LogP contribution in [0.5, 0.6) is 0 Å². The number of rotatable bonds is 15. The van der Waals surface area contributed by atoms with E-state index < -0.39 is 0 Å². The maximum atomic E-state index is 5.79. The van der Waals surface area contributed by atoms with E-state index in [0.717, 1.165) is 6.42 Å². The van der Waals surface area contributed by atoms with Crippen LogP contribution in [-0.4, -0.2) is 12.6 Å². The Morgan fingerprint density at radius 2 is 1.00 bits per heavy atom. The van der Waals surface area contributed by atoms with Gasteiger partial charge < -0.3 is 11.5 Å². The fourth-order valence-corrected chi connectivity index (χ4v) is 2.54. The summed E-state index contributed by atoms with van der Waals surface area (Å²) in [5.41, 5.74) is 11.3. The molecule has 116 valence electrons. The predicted octanol–water partition coefficient (Wildman–Crippen LogP) is 4.75. The zero-order chi connectivity index (χ0) is 14.2. The molecule has 0 aromatic rings. The number of unbranched alkanes of at least 4 members (excludes halogenated alkanes) is 12. The molecule has 0 rings (SSSR count). The topological polar surface area (TPSA) is 52.0 Å². The minimum absolute atomic E-state index is 0.229. The SMILES string of the molecule is CCCCCCCCCCCCCCCC(N)CN. The Morgan fingerprint density at radius 3 is 1.37 bits per heavy atom. The van der Waals surface area contributed by atoms with E-state index in [1.807, 2.05) is 0 Å². The molecule has 0 heterocycles. The molecule has 0 fully saturated rings. The summed E-state index contributed by atoms with van der Waals surface area (Å²) >= 11 is 0. The number of hydrogen-bond acceptors (Lipinski definition) is 2. The summed E-state index contributed by atoms with van der Waals surface area (Å²) in [6, 6.07) is 0.229. The van der Waals surface area contributed by atoms with Crippen molar-refractivity contribution >= 4 is 0 Å². The van der Waals surface area contributed by atoms with Gasteiger partial charge in [0.15, 0.2) is 0 Å². The van der Waals surface area contributed by atoms with Crippen molar-refractivity contribution in [3.63, 3.8) is 0 Å². The van der Waals surface area contributed by atoms with E-state index in [1.54, 1.807) is 0 Å². The van der Waals surface area contributed by atoms with Gasteiger partial charge >= 0.3 is 0 Å². The summed E-state index contributed by atoms with van der Waals surface area (Å²) in [5.74, 6) is 0. The van der Waals surface area contributed by atoms with Crippen molar-refractivity contribution in [2.75, 3.05) is 6.54 Å². The number of nitrogens with two attached hydrogens (primary N) is 2. The van der Waals surface area contributed by atoms with Gasteiger partial charge in [0, 0.05) is 12.6 Å². The zero-order valence-electron chi connectivity index (χ0n) is 13.3. The van der Waals surface area contributed by atoms with Crippen LogP contribution in [0, 0.1) is 0 Å². The molecule has 0 radical (unpaired) electrons. The third kappa shape index (κ3) is 15.9. The summed E-state index contributed by atoms with van der Waals surface area (Å²) in [7, 11) is 0. The Balaban J connectivity index is 2.95. The lowest BCUT2D eigenvalue weighted by atomic mass is 10.0. The second-order valence-electron chi connectivity index (χ2n) is 6.03. The molecule has 0 bridgehead atoms. The fraction of sp³-hybridized carbons (Fsp3) is 1.00. The number of hydrogen-bond donors (Lipinski definition) is 2. The summed E-state index contributed by atoms with van der Waals surface area (Å²) < 4.78 is 0. The molecule has 0 aliphatic rings. The van der Waals surface area contributed by atoms with Crippen LogP contribution < -0.4 is 11.5 Å². The highest BCUT2D eigenvalue weighted by Gasteiger charge is 1.98. The van der Waals surface area contributed by atoms with Gasteiger partial charge in [-0.3, -0.25) is 0 Å². The summed E-state index contributed by atoms with van der Waals surface area (Å²) in [6.45, 7) is 2.92. The molecule has 1 unspecified atom stereocenters. The van der Waals surface area contributed by atoms with E-state index >= 15 is 0 Å². The molecule has 4 N–H and O–H groups in total. The highest BCUT2D eigenvalue weighted by Crippen LogP contribution is 2.13. The Hall–Kier alpha value is -0.0800. The van der Waals surface area contributed by atoms with E-state index in [0.29, 0.717) is 6.54 Å². The lowest BCUT2D eigenvalue weighted by Crippen LogP contribution is -2.29. The van der Waals surface area contributed by atoms with E-state index in [-0.39, 0.29) is 6.04 Å². The second kappa shape index (κ2) is 16.0. The van der Waals surface area contributed by atoms with E-state index in [2.05, 4.69) is 6.92 Å². The van der Waals surface area contributed by atoms with Gasteiger partial charge in [-0.2, -0.15) is 0 Å². The van der Waals surface area contributed by atoms with Crippen LogP contribution in [0.1, 0.15) is 96.8 Å². The Bertz CT molecular complexity index is 159. The van der Waals surface area contributed by atoms with E-state index in [9.17, 15) is 0 Å². The van der Waals surface area contributed by atoms with Gasteiger partial charge in [-0.15, -0.1) is 0 Å². The second-order valence-corrected chi connectivity index (χ2v) is 6.03. The van der Waals surface area contributed by atoms with Gasteiger partial charge in [-0.1, -0.05) is 90.4 Å². The maximum Gasteiger partial charge on any atom is 0.0163 e. The third-order valence-corrected chi connectivity index (χ3v) is 3.98. The third-order valence-electron chi connectivity index (χ3n) is 3.98. The van der Waals surface area contributed by atoms with Crippen molar-refractivity contribution in [2.45, 2.75) is 103 Å². The molecule has 2 nitrogen and oxygen atoms in total. The molecule has 0 saturated heterocycles. The molecule has 0 spiro atoms. The lowest BCUT2D eigenvalue weighted by molar-refractivity contribution is 0.519. The first-order valence-corrected chi connectivity index (χ1v) is 8.77. The van der Waals surface area contributed by atoms with Gasteiger partial charge in [0.1, 0.15) is 0 Å². The summed E-state index contributed by atoms with van der Waals surface area (Å²) in [5, 5.41) is 0. The normalized spacial score (nSPS) is 12.8. The molecule has 1 atom stereocenters. The minimum atomic E-state index is 0.229. The quantitative estimate of drug-likeness (QED) is 0.422.